The van der Waals surface area contributed by atoms with Crippen molar-refractivity contribution in [1.29, 1.82) is 0 Å². The van der Waals surface area contributed by atoms with Crippen molar-refractivity contribution in [2.45, 2.75) is 0 Å². The highest BCUT2D eigenvalue weighted by Gasteiger charge is 2.14. The molecule has 0 amide bonds. The minimum Gasteiger partial charge on any atom is -0.287 e. The number of carbonyl (C=O) groups excluding carboxylic acids is 1. The van der Waals surface area contributed by atoms with Crippen molar-refractivity contribution < 1.29 is 4.79 Å². The molecular weight excluding hydrogens is 234 g/mol. The largest absolute Gasteiger partial charge is 0.287 e. The van der Waals surface area contributed by atoms with Gasteiger partial charge in [0.2, 0.25) is 5.78 Å². The highest BCUT2D eigenvalue weighted by molar-refractivity contribution is 6.99. The van der Waals surface area contributed by atoms with Gasteiger partial charge in [-0.15, -0.1) is 0 Å². The minimum absolute atomic E-state index is 0.136. The van der Waals surface area contributed by atoms with Gasteiger partial charge in [-0.1, -0.05) is 24.3 Å². The summed E-state index contributed by atoms with van der Waals surface area (Å²) in [7, 11) is 0. The van der Waals surface area contributed by atoms with Crippen LogP contribution in [0.1, 0.15) is 16.1 Å². The molecule has 5 heteroatoms. The lowest BCUT2D eigenvalue weighted by molar-refractivity contribution is 0.103. The van der Waals surface area contributed by atoms with Gasteiger partial charge in [-0.05, 0) is 5.39 Å². The van der Waals surface area contributed by atoms with E-state index in [1.165, 1.54) is 6.20 Å². The summed E-state index contributed by atoms with van der Waals surface area (Å²) < 4.78 is 7.79. The summed E-state index contributed by atoms with van der Waals surface area (Å²) in [6.45, 7) is 0. The molecule has 1 aromatic carbocycles. The molecule has 0 spiro atoms. The molecule has 17 heavy (non-hydrogen) atoms. The highest BCUT2D eigenvalue weighted by atomic mass is 32.1. The molecule has 0 radical (unpaired) electrons. The van der Waals surface area contributed by atoms with Gasteiger partial charge in [-0.25, -0.2) is 0 Å². The van der Waals surface area contributed by atoms with E-state index in [4.69, 9.17) is 0 Å². The molecule has 3 rings (SSSR count). The predicted octanol–water partition coefficient (Wildman–Crippen LogP) is 2.32. The number of hydrogen-bond donors (Lipinski definition) is 0. The molecule has 0 saturated heterocycles. The van der Waals surface area contributed by atoms with Crippen LogP contribution in [0.4, 0.5) is 0 Å². The molecule has 4 nitrogen and oxygen atoms in total. The van der Waals surface area contributed by atoms with Crippen LogP contribution in [-0.2, 0) is 0 Å². The van der Waals surface area contributed by atoms with Crippen molar-refractivity contribution in [2.24, 2.45) is 0 Å². The summed E-state index contributed by atoms with van der Waals surface area (Å²) >= 11 is 1.03. The second-order valence-corrected chi connectivity index (χ2v) is 4.09. The Labute approximate surface area is 101 Å². The normalized spacial score (nSPS) is 10.6. The monoisotopic (exact) mass is 241 g/mol. The molecule has 0 bridgehead atoms. The number of rotatable bonds is 2. The minimum atomic E-state index is -0.136. The van der Waals surface area contributed by atoms with Crippen LogP contribution in [0.2, 0.25) is 0 Å². The van der Waals surface area contributed by atoms with Crippen LogP contribution in [0.15, 0.2) is 42.9 Å². The zero-order valence-corrected chi connectivity index (χ0v) is 9.52. The van der Waals surface area contributed by atoms with Crippen LogP contribution in [0.3, 0.4) is 0 Å². The first-order valence-electron chi connectivity index (χ1n) is 5.01. The van der Waals surface area contributed by atoms with Gasteiger partial charge in [0, 0.05) is 17.8 Å². The first-order chi connectivity index (χ1) is 8.36. The smallest absolute Gasteiger partial charge is 0.216 e. The molecule has 0 saturated carbocycles. The lowest BCUT2D eigenvalue weighted by Crippen LogP contribution is -2.03. The maximum Gasteiger partial charge on any atom is 0.216 e. The van der Waals surface area contributed by atoms with Crippen LogP contribution in [-0.4, -0.2) is 19.5 Å². The number of nitrogens with zero attached hydrogens (tertiary/aromatic N) is 3. The molecule has 2 heterocycles. The molecule has 0 aliphatic heterocycles. The Bertz CT molecular complexity index is 674. The average Bonchev–Trinajstić information content (AvgIpc) is 2.91. The molecule has 0 N–H and O–H groups in total. The van der Waals surface area contributed by atoms with Crippen molar-refractivity contribution in [3.63, 3.8) is 0 Å². The highest BCUT2D eigenvalue weighted by Crippen LogP contribution is 2.19. The molecule has 3 aromatic rings. The Hall–Kier alpha value is -2.14. The van der Waals surface area contributed by atoms with Crippen molar-refractivity contribution in [2.75, 3.05) is 0 Å². The number of carbonyl (C=O) groups is 1. The zero-order valence-electron chi connectivity index (χ0n) is 8.70. The first-order valence-corrected chi connectivity index (χ1v) is 5.74. The van der Waals surface area contributed by atoms with E-state index >= 15 is 0 Å². The van der Waals surface area contributed by atoms with Crippen LogP contribution in [0.25, 0.3) is 10.8 Å². The van der Waals surface area contributed by atoms with E-state index in [0.717, 1.165) is 22.5 Å². The van der Waals surface area contributed by atoms with Crippen LogP contribution in [0.5, 0.6) is 0 Å². The standard InChI is InChI=1S/C12H7N3OS/c16-12(11-7-14-17-15-11)10-6-13-5-8-3-1-2-4-9(8)10/h1-7H. The number of fused-ring (bicyclic) bond motifs is 1. The van der Waals surface area contributed by atoms with E-state index in [1.807, 2.05) is 24.3 Å². The van der Waals surface area contributed by atoms with Gasteiger partial charge in [0.15, 0.2) is 0 Å². The third kappa shape index (κ3) is 1.70. The summed E-state index contributed by atoms with van der Waals surface area (Å²) in [6.07, 6.45) is 4.80. The van der Waals surface area contributed by atoms with E-state index in [9.17, 15) is 4.79 Å². The number of pyridine rings is 1. The average molecular weight is 241 g/mol. The van der Waals surface area contributed by atoms with Gasteiger partial charge in [-0.2, -0.15) is 8.75 Å². The summed E-state index contributed by atoms with van der Waals surface area (Å²) in [5.41, 5.74) is 0.934. The molecule has 0 fully saturated rings. The molecule has 82 valence electrons. The Morgan fingerprint density at radius 3 is 2.82 bits per heavy atom. The topological polar surface area (TPSA) is 55.7 Å². The van der Waals surface area contributed by atoms with Crippen LogP contribution < -0.4 is 0 Å². The third-order valence-electron chi connectivity index (χ3n) is 2.51. The molecule has 0 unspecified atom stereocenters. The zero-order chi connectivity index (χ0) is 11.7. The van der Waals surface area contributed by atoms with Crippen molar-refractivity contribution in [1.82, 2.24) is 13.7 Å². The summed E-state index contributed by atoms with van der Waals surface area (Å²) in [5, 5.41) is 1.84. The van der Waals surface area contributed by atoms with Crippen molar-refractivity contribution >= 4 is 28.3 Å². The number of benzene rings is 1. The molecule has 2 aromatic heterocycles. The van der Waals surface area contributed by atoms with Crippen molar-refractivity contribution in [3.05, 3.63) is 54.1 Å². The number of aromatic nitrogens is 3. The van der Waals surface area contributed by atoms with Crippen molar-refractivity contribution in [3.8, 4) is 0 Å². The van der Waals surface area contributed by atoms with Crippen LogP contribution in [0, 0.1) is 0 Å². The second-order valence-electron chi connectivity index (χ2n) is 3.53. The predicted molar refractivity (Wildman–Crippen MR) is 65.1 cm³/mol. The second kappa shape index (κ2) is 4.03. The van der Waals surface area contributed by atoms with Gasteiger partial charge < -0.3 is 0 Å². The Morgan fingerprint density at radius 1 is 1.12 bits per heavy atom. The fourth-order valence-electron chi connectivity index (χ4n) is 1.70. The van der Waals surface area contributed by atoms with E-state index in [1.54, 1.807) is 12.4 Å². The number of hydrogen-bond acceptors (Lipinski definition) is 5. The van der Waals surface area contributed by atoms with Gasteiger partial charge in [0.25, 0.3) is 0 Å². The third-order valence-corrected chi connectivity index (χ3v) is 2.98. The fourth-order valence-corrected chi connectivity index (χ4v) is 2.11. The van der Waals surface area contributed by atoms with E-state index in [0.29, 0.717) is 11.3 Å². The van der Waals surface area contributed by atoms with E-state index in [2.05, 4.69) is 13.7 Å². The van der Waals surface area contributed by atoms with Gasteiger partial charge in [0.1, 0.15) is 5.69 Å². The lowest BCUT2D eigenvalue weighted by Gasteiger charge is -2.02. The summed E-state index contributed by atoms with van der Waals surface area (Å²) in [4.78, 5) is 16.3. The Balaban J connectivity index is 2.21. The van der Waals surface area contributed by atoms with E-state index in [-0.39, 0.29) is 5.78 Å². The first kappa shape index (κ1) is 10.0. The van der Waals surface area contributed by atoms with Gasteiger partial charge in [-0.3, -0.25) is 9.78 Å². The van der Waals surface area contributed by atoms with Gasteiger partial charge in [0.05, 0.1) is 23.5 Å². The molecular formula is C12H7N3OS. The Morgan fingerprint density at radius 2 is 2.00 bits per heavy atom. The lowest BCUT2D eigenvalue weighted by atomic mass is 10.0. The number of ketones is 1. The summed E-state index contributed by atoms with van der Waals surface area (Å²) in [5.74, 6) is -0.136. The SMILES string of the molecule is O=C(c1cnsn1)c1cncc2ccccc12. The Kier molecular flexibility index (Phi) is 2.38. The molecule has 0 aliphatic rings. The maximum atomic E-state index is 12.2. The molecule has 0 atom stereocenters. The summed E-state index contributed by atoms with van der Waals surface area (Å²) in [6, 6.07) is 7.66. The van der Waals surface area contributed by atoms with Crippen LogP contribution >= 0.6 is 11.7 Å². The fraction of sp³-hybridized carbons (Fsp3) is 0. The van der Waals surface area contributed by atoms with E-state index < -0.39 is 0 Å². The quantitative estimate of drug-likeness (QED) is 0.646. The molecule has 0 aliphatic carbocycles. The maximum absolute atomic E-state index is 12.2. The van der Waals surface area contributed by atoms with Gasteiger partial charge >= 0.3 is 0 Å².